The fraction of sp³-hybridized carbons (Fsp3) is 0.444. The summed E-state index contributed by atoms with van der Waals surface area (Å²) in [6.07, 6.45) is 6.34. The molecule has 0 atom stereocenters. The van der Waals surface area contributed by atoms with Crippen LogP contribution >= 0.6 is 23.2 Å². The van der Waals surface area contributed by atoms with Crippen LogP contribution in [-0.2, 0) is 10.0 Å². The average Bonchev–Trinajstić information content (AvgIpc) is 2.68. The summed E-state index contributed by atoms with van der Waals surface area (Å²) in [5, 5.41) is 3.90. The summed E-state index contributed by atoms with van der Waals surface area (Å²) >= 11 is 11.7. The number of benzene rings is 1. The van der Waals surface area contributed by atoms with Gasteiger partial charge in [0.15, 0.2) is 0 Å². The molecule has 146 valence electrons. The predicted octanol–water partition coefficient (Wildman–Crippen LogP) is 3.88. The van der Waals surface area contributed by atoms with E-state index in [2.05, 4.69) is 5.10 Å². The molecule has 1 aliphatic rings. The highest BCUT2D eigenvalue weighted by molar-refractivity contribution is 7.89. The van der Waals surface area contributed by atoms with Gasteiger partial charge in [-0.3, -0.25) is 4.79 Å². The molecular formula is C18H21Cl2N3O3S. The van der Waals surface area contributed by atoms with Gasteiger partial charge in [-0.2, -0.15) is 14.1 Å². The highest BCUT2D eigenvalue weighted by atomic mass is 35.5. The van der Waals surface area contributed by atoms with E-state index in [1.54, 1.807) is 16.4 Å². The number of aromatic nitrogens is 2. The van der Waals surface area contributed by atoms with Crippen LogP contribution in [0, 0.1) is 0 Å². The second-order valence-corrected chi connectivity index (χ2v) is 9.19. The first kappa shape index (κ1) is 20.3. The quantitative estimate of drug-likeness (QED) is 0.722. The summed E-state index contributed by atoms with van der Waals surface area (Å²) in [6, 6.07) is 6.12. The Morgan fingerprint density at radius 2 is 1.78 bits per heavy atom. The molecule has 3 rings (SSSR count). The van der Waals surface area contributed by atoms with Crippen LogP contribution in [0.25, 0.3) is 5.69 Å². The molecule has 0 aliphatic heterocycles. The molecule has 1 aromatic carbocycles. The molecule has 1 heterocycles. The van der Waals surface area contributed by atoms with Gasteiger partial charge >= 0.3 is 0 Å². The van der Waals surface area contributed by atoms with Crippen LogP contribution in [0.3, 0.4) is 0 Å². The van der Waals surface area contributed by atoms with Crippen molar-refractivity contribution in [3.05, 3.63) is 50.9 Å². The second-order valence-electron chi connectivity index (χ2n) is 6.52. The summed E-state index contributed by atoms with van der Waals surface area (Å²) in [5.74, 6) is 0. The Morgan fingerprint density at radius 3 is 2.37 bits per heavy atom. The lowest BCUT2D eigenvalue weighted by Crippen LogP contribution is -2.41. The van der Waals surface area contributed by atoms with E-state index in [0.717, 1.165) is 36.8 Å². The van der Waals surface area contributed by atoms with E-state index in [-0.39, 0.29) is 21.0 Å². The Hall–Kier alpha value is -1.41. The largest absolute Gasteiger partial charge is 0.291 e. The summed E-state index contributed by atoms with van der Waals surface area (Å²) in [4.78, 5) is 12.4. The molecule has 0 unspecified atom stereocenters. The van der Waals surface area contributed by atoms with E-state index in [1.807, 2.05) is 6.92 Å². The van der Waals surface area contributed by atoms with Crippen LogP contribution in [-0.4, -0.2) is 35.1 Å². The Kier molecular flexibility index (Phi) is 6.25. The lowest BCUT2D eigenvalue weighted by molar-refractivity contribution is 0.261. The molecule has 0 spiro atoms. The first-order valence-electron chi connectivity index (χ1n) is 8.92. The molecule has 0 bridgehead atoms. The summed E-state index contributed by atoms with van der Waals surface area (Å²) < 4.78 is 28.8. The maximum Gasteiger partial charge on any atom is 0.291 e. The van der Waals surface area contributed by atoms with Crippen molar-refractivity contribution in [3.63, 3.8) is 0 Å². The van der Waals surface area contributed by atoms with Crippen molar-refractivity contribution >= 4 is 33.2 Å². The van der Waals surface area contributed by atoms with Gasteiger partial charge in [0, 0.05) is 12.6 Å². The molecule has 1 fully saturated rings. The van der Waals surface area contributed by atoms with Crippen molar-refractivity contribution in [2.45, 2.75) is 50.0 Å². The Bertz CT molecular complexity index is 968. The lowest BCUT2D eigenvalue weighted by Gasteiger charge is -2.32. The Labute approximate surface area is 168 Å². The zero-order chi connectivity index (χ0) is 19.6. The molecule has 6 nitrogen and oxygen atoms in total. The van der Waals surface area contributed by atoms with Gasteiger partial charge in [0.2, 0.25) is 10.0 Å². The third-order valence-corrected chi connectivity index (χ3v) is 7.65. The molecule has 1 aliphatic carbocycles. The molecule has 1 aromatic heterocycles. The van der Waals surface area contributed by atoms with Gasteiger partial charge in [0.1, 0.15) is 5.02 Å². The van der Waals surface area contributed by atoms with Crippen LogP contribution in [0.5, 0.6) is 0 Å². The summed E-state index contributed by atoms with van der Waals surface area (Å²) in [6.45, 7) is 2.29. The topological polar surface area (TPSA) is 72.3 Å². The van der Waals surface area contributed by atoms with Gasteiger partial charge in [0.25, 0.3) is 5.56 Å². The van der Waals surface area contributed by atoms with E-state index in [4.69, 9.17) is 23.2 Å². The normalized spacial score (nSPS) is 16.0. The summed E-state index contributed by atoms with van der Waals surface area (Å²) in [7, 11) is -3.60. The van der Waals surface area contributed by atoms with Gasteiger partial charge in [-0.15, -0.1) is 0 Å². The average molecular weight is 430 g/mol. The highest BCUT2D eigenvalue weighted by Gasteiger charge is 2.31. The van der Waals surface area contributed by atoms with E-state index in [0.29, 0.717) is 12.2 Å². The minimum atomic E-state index is -3.60. The minimum absolute atomic E-state index is 0.0489. The van der Waals surface area contributed by atoms with Gasteiger partial charge in [-0.25, -0.2) is 8.42 Å². The van der Waals surface area contributed by atoms with Crippen molar-refractivity contribution in [1.29, 1.82) is 0 Å². The Morgan fingerprint density at radius 1 is 1.15 bits per heavy atom. The maximum atomic E-state index is 13.1. The molecule has 9 heteroatoms. The number of halogens is 2. The monoisotopic (exact) mass is 429 g/mol. The molecule has 0 amide bonds. The molecule has 0 N–H and O–H groups in total. The van der Waals surface area contributed by atoms with Crippen LogP contribution in [0.15, 0.2) is 40.2 Å². The first-order chi connectivity index (χ1) is 12.9. The van der Waals surface area contributed by atoms with Crippen molar-refractivity contribution in [3.8, 4) is 5.69 Å². The SMILES string of the molecule is CCN(C1CCCCC1)S(=O)(=O)c1ccc(-n2ncc(Cl)c(Cl)c2=O)cc1. The van der Waals surface area contributed by atoms with E-state index >= 15 is 0 Å². The third kappa shape index (κ3) is 4.06. The van der Waals surface area contributed by atoms with E-state index < -0.39 is 15.6 Å². The Balaban J connectivity index is 1.92. The zero-order valence-electron chi connectivity index (χ0n) is 14.9. The van der Waals surface area contributed by atoms with Gasteiger partial charge in [-0.05, 0) is 37.1 Å². The fourth-order valence-corrected chi connectivity index (χ4v) is 5.43. The maximum absolute atomic E-state index is 13.1. The fourth-order valence-electron chi connectivity index (χ4n) is 3.48. The van der Waals surface area contributed by atoms with Crippen LogP contribution < -0.4 is 5.56 Å². The molecule has 2 aromatic rings. The number of rotatable bonds is 5. The van der Waals surface area contributed by atoms with Crippen LogP contribution in [0.2, 0.25) is 10.0 Å². The van der Waals surface area contributed by atoms with E-state index in [9.17, 15) is 13.2 Å². The first-order valence-corrected chi connectivity index (χ1v) is 11.1. The van der Waals surface area contributed by atoms with Crippen LogP contribution in [0.4, 0.5) is 0 Å². The molecule has 0 saturated heterocycles. The van der Waals surface area contributed by atoms with Gasteiger partial charge in [0.05, 0.1) is 21.8 Å². The molecule has 27 heavy (non-hydrogen) atoms. The molecule has 0 radical (unpaired) electrons. The van der Waals surface area contributed by atoms with Crippen LogP contribution in [0.1, 0.15) is 39.0 Å². The van der Waals surface area contributed by atoms with Crippen molar-refractivity contribution in [2.24, 2.45) is 0 Å². The number of nitrogens with zero attached hydrogens (tertiary/aromatic N) is 3. The minimum Gasteiger partial charge on any atom is -0.266 e. The number of hydrogen-bond donors (Lipinski definition) is 0. The van der Waals surface area contributed by atoms with Crippen molar-refractivity contribution < 1.29 is 8.42 Å². The standard InChI is InChI=1S/C18H21Cl2N3O3S/c1-2-22(13-6-4-3-5-7-13)27(25,26)15-10-8-14(9-11-15)23-18(24)17(20)16(19)12-21-23/h8-13H,2-7H2,1H3. The lowest BCUT2D eigenvalue weighted by atomic mass is 9.95. The van der Waals surface area contributed by atoms with Crippen molar-refractivity contribution in [2.75, 3.05) is 6.54 Å². The number of hydrogen-bond acceptors (Lipinski definition) is 4. The van der Waals surface area contributed by atoms with E-state index in [1.165, 1.54) is 18.3 Å². The zero-order valence-corrected chi connectivity index (χ0v) is 17.3. The molecule has 1 saturated carbocycles. The smallest absolute Gasteiger partial charge is 0.266 e. The third-order valence-electron chi connectivity index (χ3n) is 4.86. The second kappa shape index (κ2) is 8.31. The summed E-state index contributed by atoms with van der Waals surface area (Å²) in [5.41, 5.74) is -0.143. The predicted molar refractivity (Wildman–Crippen MR) is 106 cm³/mol. The van der Waals surface area contributed by atoms with Gasteiger partial charge < -0.3 is 0 Å². The number of sulfonamides is 1. The van der Waals surface area contributed by atoms with Gasteiger partial charge in [-0.1, -0.05) is 49.4 Å². The highest BCUT2D eigenvalue weighted by Crippen LogP contribution is 2.28. The molecular weight excluding hydrogens is 409 g/mol. The van der Waals surface area contributed by atoms with Crippen molar-refractivity contribution in [1.82, 2.24) is 14.1 Å².